The number of aromatic amines is 1. The summed E-state index contributed by atoms with van der Waals surface area (Å²) in [6, 6.07) is 4.79. The van der Waals surface area contributed by atoms with E-state index in [1.54, 1.807) is 19.1 Å². The fourth-order valence-corrected chi connectivity index (χ4v) is 2.15. The quantitative estimate of drug-likeness (QED) is 0.521. The summed E-state index contributed by atoms with van der Waals surface area (Å²) < 4.78 is 4.96. The number of ether oxygens (including phenoxy) is 1. The monoisotopic (exact) mass is 262 g/mol. The van der Waals surface area contributed by atoms with Crippen LogP contribution in [0.15, 0.2) is 18.2 Å². The van der Waals surface area contributed by atoms with E-state index in [1.807, 2.05) is 6.92 Å². The van der Waals surface area contributed by atoms with E-state index in [0.29, 0.717) is 23.0 Å². The summed E-state index contributed by atoms with van der Waals surface area (Å²) >= 11 is 0. The van der Waals surface area contributed by atoms with Crippen LogP contribution in [0.1, 0.15) is 29.9 Å². The van der Waals surface area contributed by atoms with Gasteiger partial charge in [0.15, 0.2) is 0 Å². The van der Waals surface area contributed by atoms with Gasteiger partial charge in [-0.1, -0.05) is 19.1 Å². The van der Waals surface area contributed by atoms with Gasteiger partial charge in [0.05, 0.1) is 11.5 Å². The molecule has 1 heterocycles. The summed E-state index contributed by atoms with van der Waals surface area (Å²) in [6.07, 6.45) is 0.593. The van der Waals surface area contributed by atoms with E-state index in [9.17, 15) is 14.9 Å². The molecule has 2 aromatic rings. The van der Waals surface area contributed by atoms with Crippen LogP contribution < -0.4 is 0 Å². The minimum Gasteiger partial charge on any atom is -0.461 e. The molecule has 0 unspecified atom stereocenters. The largest absolute Gasteiger partial charge is 0.461 e. The number of H-pyrrole nitrogens is 1. The number of benzene rings is 1. The number of carbonyl (C=O) groups excluding carboxylic acids is 1. The van der Waals surface area contributed by atoms with Gasteiger partial charge >= 0.3 is 5.97 Å². The first kappa shape index (κ1) is 13.1. The maximum absolute atomic E-state index is 11.9. The number of para-hydroxylation sites is 1. The number of rotatable bonds is 4. The minimum atomic E-state index is -0.482. The van der Waals surface area contributed by atoms with Crippen molar-refractivity contribution in [1.82, 2.24) is 4.98 Å². The molecule has 0 bridgehead atoms. The summed E-state index contributed by atoms with van der Waals surface area (Å²) in [4.78, 5) is 25.2. The Morgan fingerprint density at radius 3 is 2.74 bits per heavy atom. The zero-order valence-corrected chi connectivity index (χ0v) is 10.7. The number of nitrogens with one attached hydrogen (secondary N) is 1. The second-order valence-corrected chi connectivity index (χ2v) is 4.01. The standard InChI is InChI=1S/C13H14N2O4/c1-3-8-9-6-5-7-10(15(17)18)11(9)14-12(8)13(16)19-4-2/h5-7,14H,3-4H2,1-2H3. The highest BCUT2D eigenvalue weighted by Gasteiger charge is 2.22. The molecule has 100 valence electrons. The van der Waals surface area contributed by atoms with Gasteiger partial charge in [-0.2, -0.15) is 0 Å². The van der Waals surface area contributed by atoms with Crippen LogP contribution in [0.2, 0.25) is 0 Å². The summed E-state index contributed by atoms with van der Waals surface area (Å²) in [5.41, 5.74) is 1.38. The Morgan fingerprint density at radius 2 is 2.16 bits per heavy atom. The van der Waals surface area contributed by atoms with Crippen LogP contribution in [0.4, 0.5) is 5.69 Å². The molecular weight excluding hydrogens is 248 g/mol. The number of nitrogens with zero attached hydrogens (tertiary/aromatic N) is 1. The number of aromatic nitrogens is 1. The molecule has 0 spiro atoms. The second-order valence-electron chi connectivity index (χ2n) is 4.01. The maximum Gasteiger partial charge on any atom is 0.355 e. The van der Waals surface area contributed by atoms with Crippen LogP contribution >= 0.6 is 0 Å². The second kappa shape index (κ2) is 5.09. The highest BCUT2D eigenvalue weighted by atomic mass is 16.6. The predicted octanol–water partition coefficient (Wildman–Crippen LogP) is 2.82. The van der Waals surface area contributed by atoms with Crippen molar-refractivity contribution in [3.63, 3.8) is 0 Å². The number of nitro groups is 1. The third-order valence-corrected chi connectivity index (χ3v) is 2.95. The zero-order chi connectivity index (χ0) is 14.0. The Balaban J connectivity index is 2.70. The van der Waals surface area contributed by atoms with Crippen molar-refractivity contribution in [2.75, 3.05) is 6.61 Å². The van der Waals surface area contributed by atoms with Gasteiger partial charge in [-0.15, -0.1) is 0 Å². The van der Waals surface area contributed by atoms with Crippen molar-refractivity contribution in [2.24, 2.45) is 0 Å². The first-order chi connectivity index (χ1) is 9.10. The Bertz CT molecular complexity index is 645. The Labute approximate surface area is 109 Å². The third kappa shape index (κ3) is 2.16. The molecule has 0 aliphatic heterocycles. The number of hydrogen-bond acceptors (Lipinski definition) is 4. The molecule has 0 atom stereocenters. The first-order valence-corrected chi connectivity index (χ1v) is 6.05. The van der Waals surface area contributed by atoms with Gasteiger partial charge in [-0.05, 0) is 18.9 Å². The first-order valence-electron chi connectivity index (χ1n) is 6.05. The molecule has 2 rings (SSSR count). The predicted molar refractivity (Wildman–Crippen MR) is 70.3 cm³/mol. The maximum atomic E-state index is 11.9. The van der Waals surface area contributed by atoms with Crippen molar-refractivity contribution in [1.29, 1.82) is 0 Å². The number of non-ortho nitro benzene ring substituents is 1. The molecular formula is C13H14N2O4. The van der Waals surface area contributed by atoms with Gasteiger partial charge in [0.2, 0.25) is 0 Å². The summed E-state index contributed by atoms with van der Waals surface area (Å²) in [5.74, 6) is -0.482. The molecule has 1 N–H and O–H groups in total. The topological polar surface area (TPSA) is 85.2 Å². The van der Waals surface area contributed by atoms with E-state index in [1.165, 1.54) is 6.07 Å². The van der Waals surface area contributed by atoms with E-state index < -0.39 is 10.9 Å². The SMILES string of the molecule is CCOC(=O)c1[nH]c2c([N+](=O)[O-])cccc2c1CC. The normalized spacial score (nSPS) is 10.6. The minimum absolute atomic E-state index is 0.0391. The van der Waals surface area contributed by atoms with E-state index in [-0.39, 0.29) is 12.3 Å². The van der Waals surface area contributed by atoms with E-state index in [2.05, 4.69) is 4.98 Å². The number of aryl methyl sites for hydroxylation is 1. The molecule has 6 nitrogen and oxygen atoms in total. The van der Waals surface area contributed by atoms with Crippen LogP contribution in [-0.2, 0) is 11.2 Å². The fraction of sp³-hybridized carbons (Fsp3) is 0.308. The molecule has 0 saturated carbocycles. The number of nitro benzene ring substituents is 1. The van der Waals surface area contributed by atoms with E-state index in [0.717, 1.165) is 5.56 Å². The number of esters is 1. The van der Waals surface area contributed by atoms with Crippen LogP contribution in [-0.4, -0.2) is 22.5 Å². The van der Waals surface area contributed by atoms with Crippen molar-refractivity contribution < 1.29 is 14.5 Å². The molecule has 0 amide bonds. The third-order valence-electron chi connectivity index (χ3n) is 2.95. The smallest absolute Gasteiger partial charge is 0.355 e. The molecule has 0 saturated heterocycles. The van der Waals surface area contributed by atoms with Gasteiger partial charge in [0.25, 0.3) is 5.69 Å². The highest BCUT2D eigenvalue weighted by molar-refractivity contribution is 6.01. The molecule has 0 aliphatic rings. The summed E-state index contributed by atoms with van der Waals surface area (Å²) in [6.45, 7) is 3.87. The van der Waals surface area contributed by atoms with Crippen molar-refractivity contribution in [2.45, 2.75) is 20.3 Å². The molecule has 19 heavy (non-hydrogen) atoms. The number of fused-ring (bicyclic) bond motifs is 1. The lowest BCUT2D eigenvalue weighted by Crippen LogP contribution is -2.07. The van der Waals surface area contributed by atoms with Gasteiger partial charge in [-0.3, -0.25) is 10.1 Å². The van der Waals surface area contributed by atoms with Crippen LogP contribution in [0, 0.1) is 10.1 Å². The van der Waals surface area contributed by atoms with Crippen molar-refractivity contribution in [3.05, 3.63) is 39.6 Å². The Kier molecular flexibility index (Phi) is 3.50. The highest BCUT2D eigenvalue weighted by Crippen LogP contribution is 2.30. The molecule has 0 radical (unpaired) electrons. The fourth-order valence-electron chi connectivity index (χ4n) is 2.15. The average molecular weight is 262 g/mol. The van der Waals surface area contributed by atoms with Gasteiger partial charge in [0, 0.05) is 11.5 Å². The van der Waals surface area contributed by atoms with Gasteiger partial charge < -0.3 is 9.72 Å². The number of hydrogen-bond donors (Lipinski definition) is 1. The van der Waals surface area contributed by atoms with Crippen molar-refractivity contribution in [3.8, 4) is 0 Å². The van der Waals surface area contributed by atoms with Crippen LogP contribution in [0.25, 0.3) is 10.9 Å². The van der Waals surface area contributed by atoms with Crippen LogP contribution in [0.5, 0.6) is 0 Å². The Hall–Kier alpha value is -2.37. The molecule has 6 heteroatoms. The average Bonchev–Trinajstić information content (AvgIpc) is 2.76. The van der Waals surface area contributed by atoms with Crippen LogP contribution in [0.3, 0.4) is 0 Å². The molecule has 1 aromatic heterocycles. The summed E-state index contributed by atoms with van der Waals surface area (Å²) in [5, 5.41) is 11.7. The van der Waals surface area contributed by atoms with Gasteiger partial charge in [-0.25, -0.2) is 4.79 Å². The van der Waals surface area contributed by atoms with E-state index in [4.69, 9.17) is 4.74 Å². The lowest BCUT2D eigenvalue weighted by Gasteiger charge is -2.01. The Morgan fingerprint density at radius 1 is 1.42 bits per heavy atom. The lowest BCUT2D eigenvalue weighted by atomic mass is 10.1. The number of carbonyl (C=O) groups is 1. The summed E-state index contributed by atoms with van der Waals surface area (Å²) in [7, 11) is 0. The van der Waals surface area contributed by atoms with Gasteiger partial charge in [0.1, 0.15) is 11.2 Å². The molecule has 0 aliphatic carbocycles. The van der Waals surface area contributed by atoms with E-state index >= 15 is 0 Å². The molecule has 1 aromatic carbocycles. The zero-order valence-electron chi connectivity index (χ0n) is 10.7. The lowest BCUT2D eigenvalue weighted by molar-refractivity contribution is -0.383. The molecule has 0 fully saturated rings. The van der Waals surface area contributed by atoms with Crippen molar-refractivity contribution >= 4 is 22.6 Å².